The van der Waals surface area contributed by atoms with Crippen molar-refractivity contribution in [2.75, 3.05) is 13.1 Å². The molecule has 146 valence electrons. The van der Waals surface area contributed by atoms with Gasteiger partial charge in [-0.3, -0.25) is 9.59 Å². The van der Waals surface area contributed by atoms with Gasteiger partial charge >= 0.3 is 5.97 Å². The first-order valence-electron chi connectivity index (χ1n) is 10.1. The van der Waals surface area contributed by atoms with Crippen LogP contribution < -0.4 is 5.32 Å². The standard InChI is InChI=1S/C19H31N3O4/c1-13(20-14-7-3-2-4-8-14)17(23)21-11-5-9-15(21)18(24)22-12-6-10-16(22)19(25)26/h13-16,20H,2-12H2,1H3,(H,25,26)/t13-,15-,16-/m0/s1. The monoisotopic (exact) mass is 365 g/mol. The maximum Gasteiger partial charge on any atom is 0.326 e. The number of hydrogen-bond acceptors (Lipinski definition) is 4. The van der Waals surface area contributed by atoms with Crippen molar-refractivity contribution in [2.24, 2.45) is 0 Å². The minimum atomic E-state index is -0.945. The van der Waals surface area contributed by atoms with Gasteiger partial charge in [-0.15, -0.1) is 0 Å². The first-order chi connectivity index (χ1) is 12.5. The molecule has 0 bridgehead atoms. The van der Waals surface area contributed by atoms with E-state index in [-0.39, 0.29) is 17.9 Å². The first-order valence-corrected chi connectivity index (χ1v) is 10.1. The molecule has 0 aromatic carbocycles. The van der Waals surface area contributed by atoms with E-state index in [0.29, 0.717) is 38.4 Å². The van der Waals surface area contributed by atoms with E-state index < -0.39 is 18.1 Å². The Morgan fingerprint density at radius 1 is 0.885 bits per heavy atom. The third-order valence-electron chi connectivity index (χ3n) is 6.10. The molecule has 2 heterocycles. The topological polar surface area (TPSA) is 90.0 Å². The second kappa shape index (κ2) is 8.37. The van der Waals surface area contributed by atoms with Gasteiger partial charge in [0.2, 0.25) is 11.8 Å². The molecular formula is C19H31N3O4. The van der Waals surface area contributed by atoms with Gasteiger partial charge in [0.05, 0.1) is 6.04 Å². The van der Waals surface area contributed by atoms with E-state index in [1.807, 2.05) is 6.92 Å². The number of carboxylic acids is 1. The van der Waals surface area contributed by atoms with Crippen LogP contribution in [0.1, 0.15) is 64.7 Å². The van der Waals surface area contributed by atoms with Crippen LogP contribution in [-0.2, 0) is 14.4 Å². The van der Waals surface area contributed by atoms with Gasteiger partial charge in [0, 0.05) is 19.1 Å². The predicted octanol–water partition coefficient (Wildman–Crippen LogP) is 1.36. The molecule has 7 heteroatoms. The molecule has 26 heavy (non-hydrogen) atoms. The zero-order valence-corrected chi connectivity index (χ0v) is 15.7. The van der Waals surface area contributed by atoms with Crippen molar-refractivity contribution in [3.63, 3.8) is 0 Å². The van der Waals surface area contributed by atoms with Gasteiger partial charge in [-0.05, 0) is 45.4 Å². The lowest BCUT2D eigenvalue weighted by Gasteiger charge is -2.33. The molecule has 2 amide bonds. The molecule has 3 aliphatic rings. The molecule has 3 rings (SSSR count). The Balaban J connectivity index is 1.62. The highest BCUT2D eigenvalue weighted by molar-refractivity contribution is 5.92. The summed E-state index contributed by atoms with van der Waals surface area (Å²) in [6, 6.07) is -1.16. The number of carboxylic acid groups (broad SMARTS) is 1. The third kappa shape index (κ3) is 4.03. The number of nitrogens with one attached hydrogen (secondary N) is 1. The van der Waals surface area contributed by atoms with Gasteiger partial charge in [0.25, 0.3) is 0 Å². The van der Waals surface area contributed by atoms with Gasteiger partial charge in [-0.2, -0.15) is 0 Å². The molecule has 0 aromatic heterocycles. The van der Waals surface area contributed by atoms with Crippen LogP contribution in [0.15, 0.2) is 0 Å². The first kappa shape index (κ1) is 19.1. The Morgan fingerprint density at radius 2 is 1.50 bits per heavy atom. The van der Waals surface area contributed by atoms with Gasteiger partial charge in [-0.1, -0.05) is 19.3 Å². The molecule has 7 nitrogen and oxygen atoms in total. The SMILES string of the molecule is C[C@H](NC1CCCCC1)C(=O)N1CCC[C@H]1C(=O)N1CCC[C@H]1C(=O)O. The van der Waals surface area contributed by atoms with E-state index in [9.17, 15) is 19.5 Å². The molecule has 1 aliphatic carbocycles. The zero-order valence-electron chi connectivity index (χ0n) is 15.7. The third-order valence-corrected chi connectivity index (χ3v) is 6.10. The van der Waals surface area contributed by atoms with Crippen LogP contribution >= 0.6 is 0 Å². The van der Waals surface area contributed by atoms with Crippen LogP contribution in [-0.4, -0.2) is 69.9 Å². The lowest BCUT2D eigenvalue weighted by Crippen LogP contribution is -2.55. The van der Waals surface area contributed by atoms with Crippen molar-refractivity contribution in [3.8, 4) is 0 Å². The van der Waals surface area contributed by atoms with E-state index in [1.54, 1.807) is 4.90 Å². The fourth-order valence-corrected chi connectivity index (χ4v) is 4.71. The fourth-order valence-electron chi connectivity index (χ4n) is 4.71. The van der Waals surface area contributed by atoms with Gasteiger partial charge < -0.3 is 20.2 Å². The molecule has 1 saturated carbocycles. The second-order valence-corrected chi connectivity index (χ2v) is 7.94. The van der Waals surface area contributed by atoms with Crippen molar-refractivity contribution in [1.82, 2.24) is 15.1 Å². The Bertz CT molecular complexity index is 547. The Morgan fingerprint density at radius 3 is 2.15 bits per heavy atom. The molecule has 2 aliphatic heterocycles. The molecular weight excluding hydrogens is 334 g/mol. The van der Waals surface area contributed by atoms with Crippen molar-refractivity contribution in [3.05, 3.63) is 0 Å². The molecule has 0 unspecified atom stereocenters. The average molecular weight is 365 g/mol. The number of hydrogen-bond donors (Lipinski definition) is 2. The maximum absolute atomic E-state index is 12.9. The summed E-state index contributed by atoms with van der Waals surface area (Å²) in [7, 11) is 0. The Kier molecular flexibility index (Phi) is 6.16. The van der Waals surface area contributed by atoms with Crippen LogP contribution in [0.2, 0.25) is 0 Å². The summed E-state index contributed by atoms with van der Waals surface area (Å²) in [6.45, 7) is 2.94. The maximum atomic E-state index is 12.9. The van der Waals surface area contributed by atoms with E-state index in [4.69, 9.17) is 0 Å². The highest BCUT2D eigenvalue weighted by Crippen LogP contribution is 2.26. The average Bonchev–Trinajstić information content (AvgIpc) is 3.30. The summed E-state index contributed by atoms with van der Waals surface area (Å²) in [4.78, 5) is 40.4. The van der Waals surface area contributed by atoms with Crippen LogP contribution in [0.3, 0.4) is 0 Å². The smallest absolute Gasteiger partial charge is 0.326 e. The minimum Gasteiger partial charge on any atom is -0.480 e. The summed E-state index contributed by atoms with van der Waals surface area (Å²) in [5.41, 5.74) is 0. The number of nitrogens with zero attached hydrogens (tertiary/aromatic N) is 2. The number of carbonyl (C=O) groups is 3. The quantitative estimate of drug-likeness (QED) is 0.768. The second-order valence-electron chi connectivity index (χ2n) is 7.94. The number of aliphatic carboxylic acids is 1. The summed E-state index contributed by atoms with van der Waals surface area (Å²) in [5, 5.41) is 12.8. The van der Waals surface area contributed by atoms with E-state index in [0.717, 1.165) is 19.3 Å². The van der Waals surface area contributed by atoms with Crippen molar-refractivity contribution in [2.45, 2.75) is 88.9 Å². The van der Waals surface area contributed by atoms with Crippen molar-refractivity contribution in [1.29, 1.82) is 0 Å². The number of amides is 2. The van der Waals surface area contributed by atoms with E-state index >= 15 is 0 Å². The molecule has 0 spiro atoms. The predicted molar refractivity (Wildman–Crippen MR) is 96.6 cm³/mol. The van der Waals surface area contributed by atoms with Crippen LogP contribution in [0.25, 0.3) is 0 Å². The molecule has 3 fully saturated rings. The van der Waals surface area contributed by atoms with Crippen LogP contribution in [0.4, 0.5) is 0 Å². The van der Waals surface area contributed by atoms with Gasteiger partial charge in [0.15, 0.2) is 0 Å². The van der Waals surface area contributed by atoms with Gasteiger partial charge in [0.1, 0.15) is 12.1 Å². The minimum absolute atomic E-state index is 0.0301. The van der Waals surface area contributed by atoms with Crippen molar-refractivity contribution < 1.29 is 19.5 Å². The molecule has 0 aromatic rings. The largest absolute Gasteiger partial charge is 0.480 e. The highest BCUT2D eigenvalue weighted by atomic mass is 16.4. The fraction of sp³-hybridized carbons (Fsp3) is 0.842. The Labute approximate surface area is 155 Å². The van der Waals surface area contributed by atoms with Gasteiger partial charge in [-0.25, -0.2) is 4.79 Å². The zero-order chi connectivity index (χ0) is 18.7. The number of carbonyl (C=O) groups excluding carboxylic acids is 2. The number of likely N-dealkylation sites (tertiary alicyclic amines) is 2. The lowest BCUT2D eigenvalue weighted by molar-refractivity contribution is -0.152. The highest BCUT2D eigenvalue weighted by Gasteiger charge is 2.42. The number of rotatable bonds is 5. The van der Waals surface area contributed by atoms with Crippen molar-refractivity contribution >= 4 is 17.8 Å². The van der Waals surface area contributed by atoms with Crippen LogP contribution in [0.5, 0.6) is 0 Å². The summed E-state index contributed by atoms with van der Waals surface area (Å²) in [6.07, 6.45) is 8.52. The van der Waals surface area contributed by atoms with E-state index in [2.05, 4.69) is 5.32 Å². The van der Waals surface area contributed by atoms with E-state index in [1.165, 1.54) is 24.2 Å². The molecule has 0 radical (unpaired) electrons. The summed E-state index contributed by atoms with van der Waals surface area (Å²) in [5.74, 6) is -1.16. The summed E-state index contributed by atoms with van der Waals surface area (Å²) < 4.78 is 0. The normalized spacial score (nSPS) is 28.3. The lowest BCUT2D eigenvalue weighted by atomic mass is 9.95. The van der Waals surface area contributed by atoms with Crippen LogP contribution in [0, 0.1) is 0 Å². The Hall–Kier alpha value is -1.63. The summed E-state index contributed by atoms with van der Waals surface area (Å²) >= 11 is 0. The molecule has 2 saturated heterocycles. The molecule has 3 atom stereocenters. The molecule has 2 N–H and O–H groups in total.